The number of nitrogens with zero attached hydrogens (tertiary/aromatic N) is 1. The van der Waals surface area contributed by atoms with Crippen LogP contribution in [0.4, 0.5) is 15.8 Å². The van der Waals surface area contributed by atoms with Gasteiger partial charge in [-0.3, -0.25) is 4.72 Å². The van der Waals surface area contributed by atoms with E-state index in [2.05, 4.69) is 9.71 Å². The molecule has 2 rings (SSSR count). The zero-order valence-electron chi connectivity index (χ0n) is 11.0. The van der Waals surface area contributed by atoms with Crippen LogP contribution >= 0.6 is 0 Å². The highest BCUT2D eigenvalue weighted by atomic mass is 32.2. The Kier molecular flexibility index (Phi) is 3.63. The molecule has 0 atom stereocenters. The summed E-state index contributed by atoms with van der Waals surface area (Å²) in [6.07, 6.45) is 1.11. The van der Waals surface area contributed by atoms with Crippen LogP contribution in [0.5, 0.6) is 0 Å². The first-order chi connectivity index (χ1) is 9.31. The van der Waals surface area contributed by atoms with Crippen LogP contribution in [0.1, 0.15) is 11.1 Å². The first-order valence-electron chi connectivity index (χ1n) is 5.81. The van der Waals surface area contributed by atoms with E-state index in [1.54, 1.807) is 26.0 Å². The topological polar surface area (TPSA) is 85.1 Å². The zero-order chi connectivity index (χ0) is 14.9. The number of hydrogen-bond donors (Lipinski definition) is 2. The third kappa shape index (κ3) is 2.72. The number of nitrogen functional groups attached to an aromatic ring is 1. The van der Waals surface area contributed by atoms with E-state index in [9.17, 15) is 12.8 Å². The predicted octanol–water partition coefficient (Wildman–Crippen LogP) is 2.22. The molecule has 0 aliphatic rings. The molecule has 0 radical (unpaired) electrons. The van der Waals surface area contributed by atoms with Crippen molar-refractivity contribution in [2.24, 2.45) is 0 Å². The fraction of sp³-hybridized carbons (Fsp3) is 0.154. The van der Waals surface area contributed by atoms with Crippen molar-refractivity contribution in [3.8, 4) is 0 Å². The molecule has 0 aliphatic carbocycles. The van der Waals surface area contributed by atoms with Crippen molar-refractivity contribution >= 4 is 21.4 Å². The van der Waals surface area contributed by atoms with Crippen LogP contribution in [0.3, 0.4) is 0 Å². The fourth-order valence-electron chi connectivity index (χ4n) is 1.81. The smallest absolute Gasteiger partial charge is 0.264 e. The van der Waals surface area contributed by atoms with Gasteiger partial charge in [-0.1, -0.05) is 12.1 Å². The van der Waals surface area contributed by atoms with E-state index in [4.69, 9.17) is 5.73 Å². The maximum Gasteiger partial charge on any atom is 0.264 e. The first kappa shape index (κ1) is 14.3. The van der Waals surface area contributed by atoms with Gasteiger partial charge < -0.3 is 5.73 Å². The minimum Gasteiger partial charge on any atom is -0.397 e. The molecule has 0 fully saturated rings. The molecule has 0 saturated carbocycles. The Morgan fingerprint density at radius 3 is 2.40 bits per heavy atom. The Hall–Kier alpha value is -2.15. The monoisotopic (exact) mass is 295 g/mol. The van der Waals surface area contributed by atoms with Crippen LogP contribution in [-0.2, 0) is 10.0 Å². The van der Waals surface area contributed by atoms with Crippen LogP contribution in [0.15, 0.2) is 35.4 Å². The van der Waals surface area contributed by atoms with E-state index in [0.29, 0.717) is 11.1 Å². The van der Waals surface area contributed by atoms with Crippen molar-refractivity contribution < 1.29 is 12.8 Å². The Labute approximate surface area is 116 Å². The normalized spacial score (nSPS) is 11.3. The van der Waals surface area contributed by atoms with Gasteiger partial charge in [-0.15, -0.1) is 0 Å². The van der Waals surface area contributed by atoms with Gasteiger partial charge in [0.1, 0.15) is 4.90 Å². The summed E-state index contributed by atoms with van der Waals surface area (Å²) in [7, 11) is -3.85. The molecule has 106 valence electrons. The van der Waals surface area contributed by atoms with Crippen molar-refractivity contribution in [1.29, 1.82) is 0 Å². The third-order valence-corrected chi connectivity index (χ3v) is 4.44. The van der Waals surface area contributed by atoms with Gasteiger partial charge in [-0.05, 0) is 37.1 Å². The van der Waals surface area contributed by atoms with Crippen LogP contribution in [0.25, 0.3) is 0 Å². The van der Waals surface area contributed by atoms with Gasteiger partial charge in [-0.2, -0.15) is 4.39 Å². The zero-order valence-corrected chi connectivity index (χ0v) is 11.8. The highest BCUT2D eigenvalue weighted by molar-refractivity contribution is 7.93. The van der Waals surface area contributed by atoms with Crippen LogP contribution < -0.4 is 10.5 Å². The van der Waals surface area contributed by atoms with E-state index in [1.807, 2.05) is 0 Å². The number of benzene rings is 1. The van der Waals surface area contributed by atoms with Gasteiger partial charge >= 0.3 is 0 Å². The number of hydrogen-bond acceptors (Lipinski definition) is 4. The lowest BCUT2D eigenvalue weighted by atomic mass is 10.1. The second kappa shape index (κ2) is 5.09. The van der Waals surface area contributed by atoms with Gasteiger partial charge in [0.25, 0.3) is 10.0 Å². The van der Waals surface area contributed by atoms with Gasteiger partial charge in [0.05, 0.1) is 17.6 Å². The lowest BCUT2D eigenvalue weighted by Gasteiger charge is -2.14. The number of sulfonamides is 1. The van der Waals surface area contributed by atoms with Crippen molar-refractivity contribution in [3.05, 3.63) is 47.5 Å². The molecule has 0 spiro atoms. The highest BCUT2D eigenvalue weighted by Crippen LogP contribution is 2.27. The predicted molar refractivity (Wildman–Crippen MR) is 75.3 cm³/mol. The molecule has 1 aromatic heterocycles. The lowest BCUT2D eigenvalue weighted by Crippen LogP contribution is -2.17. The van der Waals surface area contributed by atoms with Crippen molar-refractivity contribution in [1.82, 2.24) is 4.98 Å². The summed E-state index contributed by atoms with van der Waals surface area (Å²) in [5.41, 5.74) is 7.44. The quantitative estimate of drug-likeness (QED) is 0.671. The standard InChI is InChI=1S/C13H14FN3O2S/c1-8-3-4-9(2)13(12(8)15)20(18,19)17-10-5-6-11(14)16-7-10/h3-7,17H,15H2,1-2H3. The average molecular weight is 295 g/mol. The number of aromatic nitrogens is 1. The first-order valence-corrected chi connectivity index (χ1v) is 7.29. The average Bonchev–Trinajstić information content (AvgIpc) is 2.37. The molecule has 0 bridgehead atoms. The van der Waals surface area contributed by atoms with E-state index >= 15 is 0 Å². The van der Waals surface area contributed by atoms with Crippen molar-refractivity contribution in [2.45, 2.75) is 18.7 Å². The summed E-state index contributed by atoms with van der Waals surface area (Å²) in [5.74, 6) is -0.681. The van der Waals surface area contributed by atoms with Gasteiger partial charge in [0, 0.05) is 0 Å². The Balaban J connectivity index is 2.46. The van der Waals surface area contributed by atoms with Crippen LogP contribution in [-0.4, -0.2) is 13.4 Å². The molecule has 0 saturated heterocycles. The fourth-order valence-corrected chi connectivity index (χ4v) is 3.28. The summed E-state index contributed by atoms with van der Waals surface area (Å²) in [4.78, 5) is 3.42. The van der Waals surface area contributed by atoms with E-state index < -0.39 is 16.0 Å². The van der Waals surface area contributed by atoms with Crippen LogP contribution in [0, 0.1) is 19.8 Å². The molecule has 0 aliphatic heterocycles. The molecular weight excluding hydrogens is 281 g/mol. The van der Waals surface area contributed by atoms with E-state index in [0.717, 1.165) is 12.3 Å². The van der Waals surface area contributed by atoms with Crippen molar-refractivity contribution in [3.63, 3.8) is 0 Å². The SMILES string of the molecule is Cc1ccc(C)c(S(=O)(=O)Nc2ccc(F)nc2)c1N. The Morgan fingerprint density at radius 1 is 1.15 bits per heavy atom. The maximum absolute atomic E-state index is 12.7. The molecule has 0 unspecified atom stereocenters. The number of pyridine rings is 1. The lowest BCUT2D eigenvalue weighted by molar-refractivity contribution is 0.583. The van der Waals surface area contributed by atoms with Gasteiger partial charge in [0.15, 0.2) is 0 Å². The molecule has 1 heterocycles. The molecule has 1 aromatic carbocycles. The Bertz CT molecular complexity index is 743. The van der Waals surface area contributed by atoms with Crippen molar-refractivity contribution in [2.75, 3.05) is 10.5 Å². The van der Waals surface area contributed by atoms with E-state index in [-0.39, 0.29) is 16.3 Å². The number of halogens is 1. The summed E-state index contributed by atoms with van der Waals surface area (Å²) < 4.78 is 39.8. The number of rotatable bonds is 3. The number of aryl methyl sites for hydroxylation is 2. The molecule has 5 nitrogen and oxygen atoms in total. The minimum atomic E-state index is -3.85. The molecular formula is C13H14FN3O2S. The molecule has 0 amide bonds. The second-order valence-electron chi connectivity index (χ2n) is 4.42. The summed E-state index contributed by atoms with van der Waals surface area (Å²) in [6.45, 7) is 3.39. The van der Waals surface area contributed by atoms with E-state index in [1.165, 1.54) is 6.07 Å². The van der Waals surface area contributed by atoms with Crippen LogP contribution in [0.2, 0.25) is 0 Å². The van der Waals surface area contributed by atoms with Gasteiger partial charge in [-0.25, -0.2) is 13.4 Å². The summed E-state index contributed by atoms with van der Waals surface area (Å²) in [6, 6.07) is 5.80. The summed E-state index contributed by atoms with van der Waals surface area (Å²) in [5, 5.41) is 0. The number of nitrogens with one attached hydrogen (secondary N) is 1. The molecule has 3 N–H and O–H groups in total. The maximum atomic E-state index is 12.7. The minimum absolute atomic E-state index is 0.0295. The largest absolute Gasteiger partial charge is 0.397 e. The molecule has 7 heteroatoms. The third-order valence-electron chi connectivity index (χ3n) is 2.86. The highest BCUT2D eigenvalue weighted by Gasteiger charge is 2.21. The molecule has 20 heavy (non-hydrogen) atoms. The number of anilines is 2. The summed E-state index contributed by atoms with van der Waals surface area (Å²) >= 11 is 0. The molecule has 2 aromatic rings. The number of nitrogens with two attached hydrogens (primary N) is 1. The second-order valence-corrected chi connectivity index (χ2v) is 6.04. The Morgan fingerprint density at radius 2 is 1.80 bits per heavy atom. The van der Waals surface area contributed by atoms with Gasteiger partial charge in [0.2, 0.25) is 5.95 Å².